The second-order valence-electron chi connectivity index (χ2n) is 13.4. The molecule has 0 radical (unpaired) electrons. The highest BCUT2D eigenvalue weighted by Crippen LogP contribution is 2.36. The van der Waals surface area contributed by atoms with Crippen molar-refractivity contribution in [3.8, 4) is 0 Å². The van der Waals surface area contributed by atoms with Crippen molar-refractivity contribution in [3.63, 3.8) is 0 Å². The topological polar surface area (TPSA) is 137 Å². The summed E-state index contributed by atoms with van der Waals surface area (Å²) in [5.41, 5.74) is 0. The van der Waals surface area contributed by atoms with Crippen LogP contribution in [0, 0.1) is 0 Å². The molecule has 0 bridgehead atoms. The zero-order chi connectivity index (χ0) is 38.3. The second-order valence-corrected chi connectivity index (χ2v) is 18.2. The number of hydrogen-bond donors (Lipinski definition) is 0. The average molecular weight is 773 g/mol. The number of hydrogen-bond acceptors (Lipinski definition) is 14. The maximum Gasteiger partial charge on any atom is 0.305 e. The highest BCUT2D eigenvalue weighted by Gasteiger charge is 2.36. The third kappa shape index (κ3) is 37.5. The predicted molar refractivity (Wildman–Crippen MR) is 202 cm³/mol. The number of carbonyl (C=O) groups excluding carboxylic acids is 1. The molecule has 0 heterocycles. The van der Waals surface area contributed by atoms with Crippen molar-refractivity contribution in [2.75, 3.05) is 159 Å². The zero-order valence-corrected chi connectivity index (χ0v) is 34.7. The van der Waals surface area contributed by atoms with E-state index in [0.29, 0.717) is 158 Å². The first-order valence-electron chi connectivity index (χ1n) is 19.4. The third-order valence-corrected chi connectivity index (χ3v) is 12.5. The molecule has 14 nitrogen and oxygen atoms in total. The Balaban J connectivity index is 3.14. The van der Waals surface area contributed by atoms with Crippen molar-refractivity contribution in [1.82, 2.24) is 0 Å². The highest BCUT2D eigenvalue weighted by atomic mass is 28.4. The van der Waals surface area contributed by atoms with Crippen LogP contribution in [-0.2, 0) is 66.1 Å². The monoisotopic (exact) mass is 773 g/mol. The maximum atomic E-state index is 11.6. The molecule has 0 fully saturated rings. The van der Waals surface area contributed by atoms with E-state index in [1.807, 2.05) is 0 Å². The summed E-state index contributed by atoms with van der Waals surface area (Å²) in [6.45, 7) is 25.3. The Morgan fingerprint density at radius 3 is 0.942 bits per heavy atom. The Morgan fingerprint density at radius 1 is 0.404 bits per heavy atom. The molecule has 0 aromatic carbocycles. The van der Waals surface area contributed by atoms with Gasteiger partial charge in [-0.05, 0) is 24.6 Å². The van der Waals surface area contributed by atoms with E-state index < -0.39 is 8.32 Å². The summed E-state index contributed by atoms with van der Waals surface area (Å²) in [6, 6.07) is 0. The molecule has 0 aliphatic carbocycles. The van der Waals surface area contributed by atoms with Crippen LogP contribution < -0.4 is 0 Å². The Kier molecular flexibility index (Phi) is 37.9. The summed E-state index contributed by atoms with van der Waals surface area (Å²) in [7, 11) is -1.70. The Labute approximate surface area is 316 Å². The van der Waals surface area contributed by atoms with Gasteiger partial charge in [0.25, 0.3) is 0 Å². The molecule has 0 N–H and O–H groups in total. The molecule has 312 valence electrons. The SMILES string of the molecule is CCCCCCC(=O)OCCOCCOCCOCCOCCOCCOCCOCCOCCOCCOCCOCCO[Si](C)(C)C(C)(C)C. The molecular formula is C37H76O14Si. The van der Waals surface area contributed by atoms with Crippen LogP contribution in [0.4, 0.5) is 0 Å². The Bertz CT molecular complexity index is 742. The first kappa shape index (κ1) is 51.2. The molecule has 0 aromatic heterocycles. The van der Waals surface area contributed by atoms with Crippen LogP contribution in [0.5, 0.6) is 0 Å². The number of unbranched alkanes of at least 4 members (excludes halogenated alkanes) is 3. The normalized spacial score (nSPS) is 12.2. The van der Waals surface area contributed by atoms with E-state index in [9.17, 15) is 4.79 Å². The molecule has 0 aliphatic rings. The van der Waals surface area contributed by atoms with Gasteiger partial charge in [-0.3, -0.25) is 4.79 Å². The van der Waals surface area contributed by atoms with Crippen molar-refractivity contribution in [2.24, 2.45) is 0 Å². The second kappa shape index (κ2) is 38.5. The van der Waals surface area contributed by atoms with Gasteiger partial charge in [-0.25, -0.2) is 0 Å². The van der Waals surface area contributed by atoms with E-state index >= 15 is 0 Å². The lowest BCUT2D eigenvalue weighted by atomic mass is 10.2. The molecule has 0 aliphatic heterocycles. The molecular weight excluding hydrogens is 696 g/mol. The fourth-order valence-corrected chi connectivity index (χ4v) is 4.88. The first-order chi connectivity index (χ1) is 25.2. The number of ether oxygens (including phenoxy) is 12. The lowest BCUT2D eigenvalue weighted by molar-refractivity contribution is -0.145. The number of carbonyl (C=O) groups is 1. The van der Waals surface area contributed by atoms with Crippen LogP contribution in [0.3, 0.4) is 0 Å². The fourth-order valence-electron chi connectivity index (χ4n) is 3.86. The van der Waals surface area contributed by atoms with Gasteiger partial charge in [0.15, 0.2) is 8.32 Å². The van der Waals surface area contributed by atoms with Crippen molar-refractivity contribution >= 4 is 14.3 Å². The summed E-state index contributed by atoms with van der Waals surface area (Å²) >= 11 is 0. The maximum absolute atomic E-state index is 11.6. The predicted octanol–water partition coefficient (Wildman–Crippen LogP) is 4.70. The number of rotatable bonds is 42. The van der Waals surface area contributed by atoms with E-state index in [1.54, 1.807) is 0 Å². The van der Waals surface area contributed by atoms with Gasteiger partial charge in [0.05, 0.1) is 152 Å². The van der Waals surface area contributed by atoms with Crippen molar-refractivity contribution < 1.29 is 66.1 Å². The summed E-state index contributed by atoms with van der Waals surface area (Å²) in [5.74, 6) is -0.153. The van der Waals surface area contributed by atoms with Gasteiger partial charge in [0.1, 0.15) is 6.61 Å². The van der Waals surface area contributed by atoms with Gasteiger partial charge in [0.2, 0.25) is 0 Å². The van der Waals surface area contributed by atoms with Crippen molar-refractivity contribution in [2.45, 2.75) is 77.9 Å². The Morgan fingerprint density at radius 2 is 0.673 bits per heavy atom. The molecule has 0 amide bonds. The smallest absolute Gasteiger partial charge is 0.305 e. The van der Waals surface area contributed by atoms with E-state index in [1.165, 1.54) is 0 Å². The van der Waals surface area contributed by atoms with Crippen LogP contribution in [0.15, 0.2) is 0 Å². The standard InChI is InChI=1S/C37H76O14Si/c1-7-8-9-10-11-36(38)50-34-32-48-30-28-46-26-24-44-22-20-42-18-16-40-14-12-39-13-15-41-17-19-43-21-23-45-25-27-47-29-31-49-33-35-51-52(5,6)37(2,3)4/h7-35H2,1-6H3. The van der Waals surface area contributed by atoms with Gasteiger partial charge < -0.3 is 61.3 Å². The molecule has 52 heavy (non-hydrogen) atoms. The third-order valence-electron chi connectivity index (χ3n) is 7.94. The highest BCUT2D eigenvalue weighted by molar-refractivity contribution is 6.74. The summed E-state index contributed by atoms with van der Waals surface area (Å²) in [5, 5.41) is 0.214. The molecule has 0 atom stereocenters. The van der Waals surface area contributed by atoms with Crippen LogP contribution in [0.25, 0.3) is 0 Å². The minimum Gasteiger partial charge on any atom is -0.463 e. The van der Waals surface area contributed by atoms with Crippen molar-refractivity contribution in [1.29, 1.82) is 0 Å². The van der Waals surface area contributed by atoms with Crippen LogP contribution in [-0.4, -0.2) is 173 Å². The van der Waals surface area contributed by atoms with Gasteiger partial charge in [0, 0.05) is 6.42 Å². The van der Waals surface area contributed by atoms with E-state index in [2.05, 4.69) is 40.8 Å². The van der Waals surface area contributed by atoms with Crippen LogP contribution in [0.2, 0.25) is 18.1 Å². The minimum atomic E-state index is -1.70. The van der Waals surface area contributed by atoms with Crippen LogP contribution >= 0.6 is 0 Å². The average Bonchev–Trinajstić information content (AvgIpc) is 3.11. The fraction of sp³-hybridized carbons (Fsp3) is 0.973. The largest absolute Gasteiger partial charge is 0.463 e. The van der Waals surface area contributed by atoms with Gasteiger partial charge in [-0.15, -0.1) is 0 Å². The molecule has 0 aromatic rings. The summed E-state index contributed by atoms with van der Waals surface area (Å²) in [4.78, 5) is 11.6. The molecule has 0 saturated heterocycles. The minimum absolute atomic E-state index is 0.153. The van der Waals surface area contributed by atoms with Gasteiger partial charge >= 0.3 is 5.97 Å². The first-order valence-corrected chi connectivity index (χ1v) is 22.3. The number of esters is 1. The van der Waals surface area contributed by atoms with Gasteiger partial charge in [-0.2, -0.15) is 0 Å². The quantitative estimate of drug-likeness (QED) is 0.0482. The molecule has 0 spiro atoms. The van der Waals surface area contributed by atoms with Crippen molar-refractivity contribution in [3.05, 3.63) is 0 Å². The van der Waals surface area contributed by atoms with E-state index in [-0.39, 0.29) is 17.6 Å². The summed E-state index contributed by atoms with van der Waals surface area (Å²) < 4.78 is 71.6. The molecule has 0 saturated carbocycles. The molecule has 0 unspecified atom stereocenters. The van der Waals surface area contributed by atoms with E-state index in [4.69, 9.17) is 61.3 Å². The molecule has 0 rings (SSSR count). The zero-order valence-electron chi connectivity index (χ0n) is 33.7. The lowest BCUT2D eigenvalue weighted by Gasteiger charge is -2.36. The summed E-state index contributed by atoms with van der Waals surface area (Å²) in [6.07, 6.45) is 4.76. The van der Waals surface area contributed by atoms with Gasteiger partial charge in [-0.1, -0.05) is 47.0 Å². The molecule has 15 heteroatoms. The Hall–Kier alpha value is -0.793. The lowest BCUT2D eigenvalue weighted by Crippen LogP contribution is -2.41. The van der Waals surface area contributed by atoms with E-state index in [0.717, 1.165) is 25.7 Å². The van der Waals surface area contributed by atoms with Crippen LogP contribution in [0.1, 0.15) is 59.8 Å².